The van der Waals surface area contributed by atoms with Crippen LogP contribution in [-0.2, 0) is 6.42 Å². The second kappa shape index (κ2) is 7.40. The van der Waals surface area contributed by atoms with Crippen molar-refractivity contribution in [2.24, 2.45) is 5.92 Å². The van der Waals surface area contributed by atoms with Gasteiger partial charge >= 0.3 is 0 Å². The predicted molar refractivity (Wildman–Crippen MR) is 104 cm³/mol. The predicted octanol–water partition coefficient (Wildman–Crippen LogP) is 4.23. The van der Waals surface area contributed by atoms with Gasteiger partial charge in [0.2, 0.25) is 5.95 Å². The fourth-order valence-electron chi connectivity index (χ4n) is 3.97. The first-order valence-electron chi connectivity index (χ1n) is 9.59. The molecule has 2 aliphatic rings. The van der Waals surface area contributed by atoms with E-state index >= 15 is 0 Å². The van der Waals surface area contributed by atoms with E-state index < -0.39 is 0 Å². The summed E-state index contributed by atoms with van der Waals surface area (Å²) in [6.07, 6.45) is 9.31. The van der Waals surface area contributed by atoms with Gasteiger partial charge in [-0.25, -0.2) is 9.97 Å². The topological polar surface area (TPSA) is 46.1 Å². The Balaban J connectivity index is 1.59. The van der Waals surface area contributed by atoms with Crippen LogP contribution in [0, 0.1) is 12.8 Å². The molecule has 1 aromatic carbocycles. The van der Waals surface area contributed by atoms with E-state index in [9.17, 15) is 4.79 Å². The van der Waals surface area contributed by atoms with Crippen LogP contribution in [0.25, 0.3) is 6.08 Å². The molecule has 4 heteroatoms. The molecule has 1 aliphatic heterocycles. The Morgan fingerprint density at radius 2 is 1.81 bits per heavy atom. The number of anilines is 1. The molecule has 0 N–H and O–H groups in total. The van der Waals surface area contributed by atoms with Crippen LogP contribution in [0.5, 0.6) is 0 Å². The minimum absolute atomic E-state index is 0.177. The molecule has 4 nitrogen and oxygen atoms in total. The summed E-state index contributed by atoms with van der Waals surface area (Å²) < 4.78 is 0. The molecular formula is C22H25N3O. The second-order valence-electron chi connectivity index (χ2n) is 7.34. The number of fused-ring (bicyclic) bond motifs is 1. The zero-order chi connectivity index (χ0) is 17.9. The molecular weight excluding hydrogens is 322 g/mol. The number of carbonyl (C=O) groups is 1. The summed E-state index contributed by atoms with van der Waals surface area (Å²) >= 11 is 0. The fraction of sp³-hybridized carbons (Fsp3) is 0.409. The highest BCUT2D eigenvalue weighted by Gasteiger charge is 2.28. The molecule has 0 unspecified atom stereocenters. The van der Waals surface area contributed by atoms with Gasteiger partial charge in [0.25, 0.3) is 0 Å². The number of carbonyl (C=O) groups excluding carboxylic acids is 1. The number of aryl methyl sites for hydroxylation is 1. The van der Waals surface area contributed by atoms with Gasteiger partial charge in [-0.3, -0.25) is 4.79 Å². The second-order valence-corrected chi connectivity index (χ2v) is 7.34. The van der Waals surface area contributed by atoms with E-state index in [1.165, 1.54) is 24.8 Å². The molecule has 1 aromatic heterocycles. The Morgan fingerprint density at radius 1 is 1.04 bits per heavy atom. The third kappa shape index (κ3) is 3.55. The first-order valence-corrected chi connectivity index (χ1v) is 9.59. The van der Waals surface area contributed by atoms with Gasteiger partial charge in [-0.2, -0.15) is 0 Å². The molecule has 1 saturated heterocycles. The summed E-state index contributed by atoms with van der Waals surface area (Å²) in [6.45, 7) is 3.99. The van der Waals surface area contributed by atoms with E-state index in [0.29, 0.717) is 6.42 Å². The minimum Gasteiger partial charge on any atom is -0.341 e. The van der Waals surface area contributed by atoms with E-state index in [2.05, 4.69) is 34.2 Å². The zero-order valence-electron chi connectivity index (χ0n) is 15.3. The maximum atomic E-state index is 12.7. The van der Waals surface area contributed by atoms with Gasteiger partial charge in [0.05, 0.1) is 17.0 Å². The van der Waals surface area contributed by atoms with Crippen molar-refractivity contribution in [2.75, 3.05) is 18.0 Å². The molecule has 0 radical (unpaired) electrons. The van der Waals surface area contributed by atoms with Crippen LogP contribution in [0.4, 0.5) is 5.95 Å². The molecule has 1 aliphatic carbocycles. The molecule has 0 bridgehead atoms. The highest BCUT2D eigenvalue weighted by atomic mass is 16.1. The van der Waals surface area contributed by atoms with Crippen molar-refractivity contribution in [1.29, 1.82) is 0 Å². The van der Waals surface area contributed by atoms with E-state index in [1.807, 2.05) is 25.1 Å². The summed E-state index contributed by atoms with van der Waals surface area (Å²) in [6, 6.07) is 10.2. The smallest absolute Gasteiger partial charge is 0.225 e. The summed E-state index contributed by atoms with van der Waals surface area (Å²) in [7, 11) is 0. The number of benzene rings is 1. The Hall–Kier alpha value is -2.49. The van der Waals surface area contributed by atoms with Gasteiger partial charge in [-0.05, 0) is 44.1 Å². The third-order valence-corrected chi connectivity index (χ3v) is 5.33. The van der Waals surface area contributed by atoms with Crippen molar-refractivity contribution in [2.45, 2.75) is 39.0 Å². The lowest BCUT2D eigenvalue weighted by molar-refractivity contribution is 0.0956. The maximum absolute atomic E-state index is 12.7. The standard InChI is InChI=1S/C22H25N3O/c1-16-21-19(24-22(23-16)25-12-6-3-7-13-25)14-18(15-20(21)26)11-10-17-8-4-2-5-9-17/h2,4-5,8-11,18H,3,6-7,12-15H2,1H3/b11-10+/t18-/m1/s1. The Labute approximate surface area is 155 Å². The number of allylic oxidation sites excluding steroid dienone is 1. The average molecular weight is 347 g/mol. The number of piperidine rings is 1. The monoisotopic (exact) mass is 347 g/mol. The highest BCUT2D eigenvalue weighted by Crippen LogP contribution is 2.29. The van der Waals surface area contributed by atoms with Gasteiger partial charge in [-0.1, -0.05) is 42.5 Å². The number of aromatic nitrogens is 2. The maximum Gasteiger partial charge on any atom is 0.225 e. The first-order chi connectivity index (χ1) is 12.7. The van der Waals surface area contributed by atoms with Crippen LogP contribution in [-0.4, -0.2) is 28.8 Å². The fourth-order valence-corrected chi connectivity index (χ4v) is 3.97. The number of hydrogen-bond donors (Lipinski definition) is 0. The Kier molecular flexibility index (Phi) is 4.83. The molecule has 1 fully saturated rings. The normalized spacial score (nSPS) is 20.4. The molecule has 2 heterocycles. The SMILES string of the molecule is Cc1nc(N2CCCCC2)nc2c1C(=O)C[C@H](/C=C/c1ccccc1)C2. The van der Waals surface area contributed by atoms with Crippen molar-refractivity contribution in [3.63, 3.8) is 0 Å². The summed E-state index contributed by atoms with van der Waals surface area (Å²) in [5, 5.41) is 0. The van der Waals surface area contributed by atoms with Crippen LogP contribution in [0.3, 0.4) is 0 Å². The average Bonchev–Trinajstić information content (AvgIpc) is 2.67. The lowest BCUT2D eigenvalue weighted by Crippen LogP contribution is -2.32. The molecule has 2 aromatic rings. The zero-order valence-corrected chi connectivity index (χ0v) is 15.3. The number of nitrogens with zero attached hydrogens (tertiary/aromatic N) is 3. The Morgan fingerprint density at radius 3 is 2.58 bits per heavy atom. The van der Waals surface area contributed by atoms with Crippen LogP contribution in [0.15, 0.2) is 36.4 Å². The van der Waals surface area contributed by atoms with Crippen molar-refractivity contribution >= 4 is 17.8 Å². The van der Waals surface area contributed by atoms with Crippen LogP contribution in [0.2, 0.25) is 0 Å². The molecule has 26 heavy (non-hydrogen) atoms. The third-order valence-electron chi connectivity index (χ3n) is 5.33. The summed E-state index contributed by atoms with van der Waals surface area (Å²) in [5.74, 6) is 1.19. The molecule has 0 saturated carbocycles. The van der Waals surface area contributed by atoms with Gasteiger partial charge in [0.15, 0.2) is 5.78 Å². The van der Waals surface area contributed by atoms with Gasteiger partial charge < -0.3 is 4.90 Å². The lowest BCUT2D eigenvalue weighted by Gasteiger charge is -2.29. The number of hydrogen-bond acceptors (Lipinski definition) is 4. The number of Topliss-reactive ketones (excluding diaryl/α,β-unsaturated/α-hetero) is 1. The van der Waals surface area contributed by atoms with Gasteiger partial charge in [-0.15, -0.1) is 0 Å². The van der Waals surface area contributed by atoms with Gasteiger partial charge in [0, 0.05) is 19.5 Å². The van der Waals surface area contributed by atoms with E-state index in [1.54, 1.807) is 0 Å². The molecule has 0 spiro atoms. The Bertz CT molecular complexity index is 823. The molecule has 0 amide bonds. The number of rotatable bonds is 3. The molecule has 134 valence electrons. The van der Waals surface area contributed by atoms with E-state index in [4.69, 9.17) is 4.98 Å². The minimum atomic E-state index is 0.177. The largest absolute Gasteiger partial charge is 0.341 e. The number of ketones is 1. The summed E-state index contributed by atoms with van der Waals surface area (Å²) in [4.78, 5) is 24.4. The molecule has 4 rings (SSSR count). The van der Waals surface area contributed by atoms with Crippen molar-refractivity contribution in [1.82, 2.24) is 9.97 Å². The van der Waals surface area contributed by atoms with Crippen molar-refractivity contribution < 1.29 is 4.79 Å². The van der Waals surface area contributed by atoms with E-state index in [-0.39, 0.29) is 11.7 Å². The highest BCUT2D eigenvalue weighted by molar-refractivity contribution is 5.99. The quantitative estimate of drug-likeness (QED) is 0.833. The van der Waals surface area contributed by atoms with Crippen molar-refractivity contribution in [3.8, 4) is 0 Å². The van der Waals surface area contributed by atoms with Crippen LogP contribution in [0.1, 0.15) is 53.0 Å². The van der Waals surface area contributed by atoms with Gasteiger partial charge in [0.1, 0.15) is 0 Å². The van der Waals surface area contributed by atoms with E-state index in [0.717, 1.165) is 42.4 Å². The summed E-state index contributed by atoms with van der Waals surface area (Å²) in [5.41, 5.74) is 3.69. The lowest BCUT2D eigenvalue weighted by atomic mass is 9.85. The van der Waals surface area contributed by atoms with Crippen molar-refractivity contribution in [3.05, 3.63) is 58.9 Å². The van der Waals surface area contributed by atoms with Crippen LogP contribution < -0.4 is 4.90 Å². The van der Waals surface area contributed by atoms with Crippen LogP contribution >= 0.6 is 0 Å². The molecule has 1 atom stereocenters. The first kappa shape index (κ1) is 17.0.